The van der Waals surface area contributed by atoms with Crippen molar-refractivity contribution >= 4 is 34.1 Å². The molecule has 0 saturated heterocycles. The van der Waals surface area contributed by atoms with E-state index in [1.165, 1.54) is 33.3 Å². The molecule has 176 valence electrons. The number of methoxy groups -OCH3 is 4. The van der Waals surface area contributed by atoms with Crippen molar-refractivity contribution < 1.29 is 34.0 Å². The number of phenolic OH excluding ortho intramolecular Hbond substituents is 2. The molecule has 33 heavy (non-hydrogen) atoms. The number of carbonyl (C=O) groups excluding carboxylic acids is 1. The van der Waals surface area contributed by atoms with Crippen LogP contribution in [0.15, 0.2) is 12.1 Å². The molecule has 0 fully saturated rings. The number of ether oxygens (including phenoxy) is 4. The Morgan fingerprint density at radius 3 is 2.30 bits per heavy atom. The van der Waals surface area contributed by atoms with Gasteiger partial charge in [0.1, 0.15) is 11.4 Å². The maximum absolute atomic E-state index is 13.6. The number of alkyl halides is 1. The molecule has 3 N–H and O–H groups in total. The zero-order valence-electron chi connectivity index (χ0n) is 18.9. The molecule has 0 spiro atoms. The van der Waals surface area contributed by atoms with E-state index in [0.29, 0.717) is 39.3 Å². The summed E-state index contributed by atoms with van der Waals surface area (Å²) in [6.45, 7) is 1.79. The predicted octanol–water partition coefficient (Wildman–Crippen LogP) is 3.90. The molecule has 0 unspecified atom stereocenters. The first-order valence-corrected chi connectivity index (χ1v) is 10.7. The van der Waals surface area contributed by atoms with Gasteiger partial charge in [0.05, 0.1) is 39.6 Å². The summed E-state index contributed by atoms with van der Waals surface area (Å²) in [5, 5.41) is 22.4. The number of benzene rings is 2. The molecule has 1 atom stereocenters. The Morgan fingerprint density at radius 1 is 1.06 bits per heavy atom. The van der Waals surface area contributed by atoms with Gasteiger partial charge in [0.25, 0.3) is 5.91 Å². The number of aromatic amines is 1. The first-order chi connectivity index (χ1) is 15.8. The number of fused-ring (bicyclic) bond motifs is 2. The number of phenols is 2. The van der Waals surface area contributed by atoms with Crippen LogP contribution in [0.2, 0.25) is 0 Å². The molecule has 1 aromatic heterocycles. The molecule has 2 aromatic carbocycles. The van der Waals surface area contributed by atoms with Crippen molar-refractivity contribution in [3.05, 3.63) is 29.0 Å². The van der Waals surface area contributed by atoms with Crippen LogP contribution in [-0.4, -0.2) is 62.0 Å². The summed E-state index contributed by atoms with van der Waals surface area (Å²) in [5.74, 6) is 0.493. The number of rotatable bonds is 6. The van der Waals surface area contributed by atoms with E-state index in [9.17, 15) is 15.0 Å². The topological polar surface area (TPSA) is 113 Å². The fourth-order valence-corrected chi connectivity index (χ4v) is 4.70. The summed E-state index contributed by atoms with van der Waals surface area (Å²) < 4.78 is 21.6. The third kappa shape index (κ3) is 3.26. The number of hydrogen-bond donors (Lipinski definition) is 3. The van der Waals surface area contributed by atoms with Gasteiger partial charge in [-0.15, -0.1) is 11.6 Å². The van der Waals surface area contributed by atoms with E-state index in [1.807, 2.05) is 0 Å². The van der Waals surface area contributed by atoms with Crippen molar-refractivity contribution in [1.29, 1.82) is 0 Å². The third-order valence-corrected chi connectivity index (χ3v) is 6.39. The zero-order chi connectivity index (χ0) is 24.0. The van der Waals surface area contributed by atoms with Gasteiger partial charge in [-0.05, 0) is 19.1 Å². The molecule has 0 bridgehead atoms. The Bertz CT molecular complexity index is 1250. The summed E-state index contributed by atoms with van der Waals surface area (Å²) in [4.78, 5) is 18.1. The number of aromatic nitrogens is 1. The van der Waals surface area contributed by atoms with E-state index in [4.69, 9.17) is 30.5 Å². The van der Waals surface area contributed by atoms with E-state index >= 15 is 0 Å². The minimum atomic E-state index is -0.403. The van der Waals surface area contributed by atoms with Crippen LogP contribution in [0.25, 0.3) is 10.9 Å². The van der Waals surface area contributed by atoms with Gasteiger partial charge in [-0.1, -0.05) is 0 Å². The van der Waals surface area contributed by atoms with Crippen LogP contribution >= 0.6 is 11.6 Å². The predicted molar refractivity (Wildman–Crippen MR) is 124 cm³/mol. The van der Waals surface area contributed by atoms with Gasteiger partial charge >= 0.3 is 0 Å². The Balaban J connectivity index is 1.87. The summed E-state index contributed by atoms with van der Waals surface area (Å²) in [6.07, 6.45) is 0. The highest BCUT2D eigenvalue weighted by Gasteiger charge is 2.40. The third-order valence-electron chi connectivity index (χ3n) is 6.01. The largest absolute Gasteiger partial charge is 0.505 e. The number of aromatic hydroxyl groups is 2. The Morgan fingerprint density at radius 2 is 1.73 bits per heavy atom. The van der Waals surface area contributed by atoms with Gasteiger partial charge in [0.15, 0.2) is 23.0 Å². The van der Waals surface area contributed by atoms with Crippen LogP contribution in [0.5, 0.6) is 34.5 Å². The molecule has 1 aliphatic rings. The normalized spacial score (nSPS) is 15.0. The first kappa shape index (κ1) is 22.7. The van der Waals surface area contributed by atoms with E-state index < -0.39 is 5.91 Å². The molecule has 1 aliphatic heterocycles. The van der Waals surface area contributed by atoms with E-state index in [0.717, 1.165) is 0 Å². The van der Waals surface area contributed by atoms with Crippen molar-refractivity contribution in [2.75, 3.05) is 45.8 Å². The van der Waals surface area contributed by atoms with Crippen molar-refractivity contribution in [3.8, 4) is 34.5 Å². The molecule has 2 heterocycles. The standard InChI is InChI=1S/C23H25ClN2O7/c1-10-18(27)17-15(19(28)20(10)31-3)12(8-24)9-26(17)23(29)13-6-11-7-14(30-2)21(32-4)22(33-5)16(11)25-13/h6-7,12,25,27-28H,8-9H2,1-5H3/t12-/m0/s1. The zero-order valence-corrected chi connectivity index (χ0v) is 19.7. The van der Waals surface area contributed by atoms with Crippen molar-refractivity contribution in [2.24, 2.45) is 0 Å². The molecule has 9 nitrogen and oxygen atoms in total. The van der Waals surface area contributed by atoms with Gasteiger partial charge in [-0.3, -0.25) is 4.79 Å². The molecular weight excluding hydrogens is 452 g/mol. The number of nitrogens with one attached hydrogen (secondary N) is 1. The number of hydrogen-bond acceptors (Lipinski definition) is 7. The lowest BCUT2D eigenvalue weighted by Crippen LogP contribution is -2.30. The Kier molecular flexibility index (Phi) is 5.84. The number of carbonyl (C=O) groups is 1. The maximum atomic E-state index is 13.6. The van der Waals surface area contributed by atoms with Crippen LogP contribution in [0.1, 0.15) is 27.5 Å². The highest BCUT2D eigenvalue weighted by Crippen LogP contribution is 2.54. The Labute approximate surface area is 195 Å². The number of anilines is 1. The van der Waals surface area contributed by atoms with Gasteiger partial charge < -0.3 is 39.0 Å². The summed E-state index contributed by atoms with van der Waals surface area (Å²) in [5.41, 5.74) is 1.75. The number of halogens is 1. The van der Waals surface area contributed by atoms with Gasteiger partial charge in [0.2, 0.25) is 5.75 Å². The van der Waals surface area contributed by atoms with Crippen LogP contribution < -0.4 is 23.8 Å². The number of amides is 1. The number of H-pyrrole nitrogens is 1. The van der Waals surface area contributed by atoms with E-state index in [1.54, 1.807) is 19.1 Å². The molecule has 3 aromatic rings. The molecule has 4 rings (SSSR count). The summed E-state index contributed by atoms with van der Waals surface area (Å²) in [6, 6.07) is 3.41. The maximum Gasteiger partial charge on any atom is 0.274 e. The van der Waals surface area contributed by atoms with Crippen molar-refractivity contribution in [2.45, 2.75) is 12.8 Å². The van der Waals surface area contributed by atoms with Crippen LogP contribution in [0, 0.1) is 6.92 Å². The molecule has 10 heteroatoms. The van der Waals surface area contributed by atoms with Gasteiger partial charge in [0, 0.05) is 34.9 Å². The van der Waals surface area contributed by atoms with Crippen LogP contribution in [0.4, 0.5) is 5.69 Å². The van der Waals surface area contributed by atoms with E-state index in [2.05, 4.69) is 4.98 Å². The molecule has 1 amide bonds. The molecular formula is C23H25ClN2O7. The fourth-order valence-electron chi connectivity index (χ4n) is 4.45. The summed E-state index contributed by atoms with van der Waals surface area (Å²) in [7, 11) is 5.92. The highest BCUT2D eigenvalue weighted by atomic mass is 35.5. The average molecular weight is 477 g/mol. The molecule has 0 saturated carbocycles. The Hall–Kier alpha value is -3.46. The van der Waals surface area contributed by atoms with Gasteiger partial charge in [-0.25, -0.2) is 0 Å². The minimum Gasteiger partial charge on any atom is -0.505 e. The molecule has 0 radical (unpaired) electrons. The average Bonchev–Trinajstić information content (AvgIpc) is 3.43. The first-order valence-electron chi connectivity index (χ1n) is 10.1. The SMILES string of the molecule is COc1cc2cc(C(=O)N3C[C@H](CCl)c4c(O)c(OC)c(C)c(O)c43)[nH]c2c(OC)c1OC. The summed E-state index contributed by atoms with van der Waals surface area (Å²) >= 11 is 6.16. The lowest BCUT2D eigenvalue weighted by molar-refractivity contribution is 0.0983. The van der Waals surface area contributed by atoms with Crippen molar-refractivity contribution in [3.63, 3.8) is 0 Å². The fraction of sp³-hybridized carbons (Fsp3) is 0.348. The van der Waals surface area contributed by atoms with Crippen LogP contribution in [0.3, 0.4) is 0 Å². The van der Waals surface area contributed by atoms with E-state index in [-0.39, 0.29) is 47.0 Å². The highest BCUT2D eigenvalue weighted by molar-refractivity contribution is 6.19. The lowest BCUT2D eigenvalue weighted by Gasteiger charge is -2.20. The quantitative estimate of drug-likeness (QED) is 0.365. The van der Waals surface area contributed by atoms with Crippen molar-refractivity contribution in [1.82, 2.24) is 4.98 Å². The minimum absolute atomic E-state index is 0.128. The second-order valence-corrected chi connectivity index (χ2v) is 7.99. The monoisotopic (exact) mass is 476 g/mol. The number of nitrogens with zero attached hydrogens (tertiary/aromatic N) is 1. The smallest absolute Gasteiger partial charge is 0.274 e. The second kappa shape index (κ2) is 8.47. The van der Waals surface area contributed by atoms with Gasteiger partial charge in [-0.2, -0.15) is 0 Å². The molecule has 0 aliphatic carbocycles. The van der Waals surface area contributed by atoms with Crippen LogP contribution in [-0.2, 0) is 0 Å². The lowest BCUT2D eigenvalue weighted by atomic mass is 9.98. The second-order valence-electron chi connectivity index (χ2n) is 7.68.